The van der Waals surface area contributed by atoms with E-state index in [-0.39, 0.29) is 5.82 Å². The Balaban J connectivity index is 2.27. The highest BCUT2D eigenvalue weighted by Crippen LogP contribution is 2.13. The average Bonchev–Trinajstić information content (AvgIpc) is 2.38. The van der Waals surface area contributed by atoms with Gasteiger partial charge in [0.25, 0.3) is 0 Å². The maximum atomic E-state index is 11.4. The van der Waals surface area contributed by atoms with Crippen LogP contribution in [-0.2, 0) is 4.74 Å². The Bertz CT molecular complexity index is 416. The van der Waals surface area contributed by atoms with Gasteiger partial charge in [0.1, 0.15) is 5.82 Å². The van der Waals surface area contributed by atoms with Gasteiger partial charge in [-0.2, -0.15) is 0 Å². The van der Waals surface area contributed by atoms with E-state index in [1.165, 1.54) is 7.11 Å². The molecule has 1 aliphatic heterocycles. The molecule has 6 heteroatoms. The van der Waals surface area contributed by atoms with Crippen LogP contribution < -0.4 is 10.2 Å². The molecule has 1 saturated heterocycles. The van der Waals surface area contributed by atoms with Crippen molar-refractivity contribution in [3.05, 3.63) is 17.6 Å². The highest BCUT2D eigenvalue weighted by molar-refractivity contribution is 5.85. The van der Waals surface area contributed by atoms with Gasteiger partial charge in [-0.15, -0.1) is 0 Å². The van der Waals surface area contributed by atoms with Crippen molar-refractivity contribution in [2.24, 2.45) is 0 Å². The molecule has 0 aliphatic carbocycles. The fraction of sp³-hybridized carbons (Fsp3) is 0.545. The highest BCUT2D eigenvalue weighted by atomic mass is 16.5. The van der Waals surface area contributed by atoms with E-state index in [2.05, 4.69) is 24.9 Å². The van der Waals surface area contributed by atoms with Gasteiger partial charge in [-0.05, 0) is 6.92 Å². The van der Waals surface area contributed by atoms with Crippen molar-refractivity contribution in [3.8, 4) is 0 Å². The first kappa shape index (κ1) is 11.8. The van der Waals surface area contributed by atoms with Gasteiger partial charge in [0.05, 0.1) is 7.11 Å². The zero-order valence-electron chi connectivity index (χ0n) is 10.1. The van der Waals surface area contributed by atoms with Crippen LogP contribution >= 0.6 is 0 Å². The Hall–Kier alpha value is -1.69. The number of hydrogen-bond acceptors (Lipinski definition) is 6. The topological polar surface area (TPSA) is 67.3 Å². The molecule has 1 aliphatic rings. The molecule has 0 atom stereocenters. The minimum absolute atomic E-state index is 0.126. The molecule has 2 heterocycles. The lowest BCUT2D eigenvalue weighted by Gasteiger charge is -2.28. The normalized spacial score (nSPS) is 15.8. The zero-order valence-corrected chi connectivity index (χ0v) is 10.1. The number of hydrogen-bond donors (Lipinski definition) is 1. The Morgan fingerprint density at radius 3 is 2.76 bits per heavy atom. The largest absolute Gasteiger partial charge is 0.463 e. The third-order valence-corrected chi connectivity index (χ3v) is 2.65. The number of piperazine rings is 1. The molecule has 0 unspecified atom stereocenters. The molecule has 1 N–H and O–H groups in total. The van der Waals surface area contributed by atoms with Crippen LogP contribution in [0.1, 0.15) is 16.3 Å². The van der Waals surface area contributed by atoms with Crippen molar-refractivity contribution in [2.45, 2.75) is 6.92 Å². The summed E-state index contributed by atoms with van der Waals surface area (Å²) in [5, 5.41) is 3.27. The summed E-state index contributed by atoms with van der Waals surface area (Å²) in [7, 11) is 1.33. The predicted octanol–water partition coefficient (Wildman–Crippen LogP) is -0.0188. The van der Waals surface area contributed by atoms with Gasteiger partial charge in [0.2, 0.25) is 5.82 Å². The molecule has 0 saturated carbocycles. The van der Waals surface area contributed by atoms with Crippen molar-refractivity contribution in [2.75, 3.05) is 38.2 Å². The quantitative estimate of drug-likeness (QED) is 0.728. The lowest BCUT2D eigenvalue weighted by Crippen LogP contribution is -2.44. The van der Waals surface area contributed by atoms with Gasteiger partial charge < -0.3 is 15.0 Å². The van der Waals surface area contributed by atoms with E-state index in [1.54, 1.807) is 0 Å². The molecule has 6 nitrogen and oxygen atoms in total. The molecular formula is C11H16N4O2. The van der Waals surface area contributed by atoms with Crippen molar-refractivity contribution in [1.29, 1.82) is 0 Å². The first-order valence-electron chi connectivity index (χ1n) is 5.60. The summed E-state index contributed by atoms with van der Waals surface area (Å²) in [6.45, 7) is 5.47. The number of anilines is 1. The maximum Gasteiger partial charge on any atom is 0.376 e. The lowest BCUT2D eigenvalue weighted by atomic mass is 10.3. The Morgan fingerprint density at radius 2 is 2.12 bits per heavy atom. The zero-order chi connectivity index (χ0) is 12.3. The van der Waals surface area contributed by atoms with Crippen molar-refractivity contribution >= 4 is 11.8 Å². The van der Waals surface area contributed by atoms with Crippen LogP contribution in [0.4, 0.5) is 5.82 Å². The molecule has 1 aromatic heterocycles. The van der Waals surface area contributed by atoms with Gasteiger partial charge in [0.15, 0.2) is 0 Å². The monoisotopic (exact) mass is 236 g/mol. The molecule has 92 valence electrons. The Labute approximate surface area is 100 Å². The Kier molecular flexibility index (Phi) is 3.53. The third-order valence-electron chi connectivity index (χ3n) is 2.65. The number of esters is 1. The average molecular weight is 236 g/mol. The van der Waals surface area contributed by atoms with Crippen molar-refractivity contribution in [1.82, 2.24) is 15.3 Å². The second-order valence-electron chi connectivity index (χ2n) is 3.92. The van der Waals surface area contributed by atoms with Crippen LogP contribution in [0, 0.1) is 6.92 Å². The number of nitrogens with one attached hydrogen (secondary N) is 1. The fourth-order valence-electron chi connectivity index (χ4n) is 1.79. The molecule has 0 bridgehead atoms. The minimum Gasteiger partial charge on any atom is -0.463 e. The van der Waals surface area contributed by atoms with E-state index < -0.39 is 5.97 Å². The molecular weight excluding hydrogens is 220 g/mol. The van der Waals surface area contributed by atoms with Gasteiger partial charge in [0, 0.05) is 37.9 Å². The number of methoxy groups -OCH3 is 1. The van der Waals surface area contributed by atoms with Crippen LogP contribution in [-0.4, -0.2) is 49.2 Å². The minimum atomic E-state index is -0.495. The molecule has 0 spiro atoms. The molecule has 17 heavy (non-hydrogen) atoms. The summed E-state index contributed by atoms with van der Waals surface area (Å²) in [6, 6.07) is 1.89. The number of ether oxygens (including phenoxy) is 1. The molecule has 1 aromatic rings. The molecule has 0 amide bonds. The summed E-state index contributed by atoms with van der Waals surface area (Å²) < 4.78 is 4.64. The van der Waals surface area contributed by atoms with E-state index >= 15 is 0 Å². The van der Waals surface area contributed by atoms with Gasteiger partial charge in [-0.3, -0.25) is 0 Å². The van der Waals surface area contributed by atoms with Gasteiger partial charge in [-0.1, -0.05) is 0 Å². The van der Waals surface area contributed by atoms with E-state index in [0.29, 0.717) is 0 Å². The fourth-order valence-corrected chi connectivity index (χ4v) is 1.79. The highest BCUT2D eigenvalue weighted by Gasteiger charge is 2.16. The maximum absolute atomic E-state index is 11.4. The van der Waals surface area contributed by atoms with Crippen LogP contribution in [0.15, 0.2) is 6.07 Å². The number of rotatable bonds is 2. The summed E-state index contributed by atoms with van der Waals surface area (Å²) in [4.78, 5) is 21.9. The molecule has 0 aromatic carbocycles. The Morgan fingerprint density at radius 1 is 1.41 bits per heavy atom. The summed E-state index contributed by atoms with van der Waals surface area (Å²) in [6.07, 6.45) is 0. The molecule has 0 radical (unpaired) electrons. The first-order valence-corrected chi connectivity index (χ1v) is 5.60. The second kappa shape index (κ2) is 5.09. The van der Waals surface area contributed by atoms with Crippen LogP contribution in [0.2, 0.25) is 0 Å². The van der Waals surface area contributed by atoms with Crippen LogP contribution in [0.3, 0.4) is 0 Å². The van der Waals surface area contributed by atoms with E-state index in [9.17, 15) is 4.79 Å². The third kappa shape index (κ3) is 2.71. The number of carbonyl (C=O) groups excluding carboxylic acids is 1. The van der Waals surface area contributed by atoms with Crippen molar-refractivity contribution < 1.29 is 9.53 Å². The smallest absolute Gasteiger partial charge is 0.376 e. The number of nitrogens with zero attached hydrogens (tertiary/aromatic N) is 3. The first-order chi connectivity index (χ1) is 8.20. The summed E-state index contributed by atoms with van der Waals surface area (Å²) in [5.74, 6) is 0.422. The number of aryl methyl sites for hydroxylation is 1. The van der Waals surface area contributed by atoms with Gasteiger partial charge in [-0.25, -0.2) is 14.8 Å². The molecule has 1 fully saturated rings. The van der Waals surface area contributed by atoms with Crippen LogP contribution in [0.25, 0.3) is 0 Å². The van der Waals surface area contributed by atoms with E-state index in [4.69, 9.17) is 0 Å². The van der Waals surface area contributed by atoms with Crippen molar-refractivity contribution in [3.63, 3.8) is 0 Å². The molecule has 2 rings (SSSR count). The standard InChI is InChI=1S/C11H16N4O2/c1-8-7-9(15-5-3-12-4-6-15)14-10(13-8)11(16)17-2/h7,12H,3-6H2,1-2H3. The number of carbonyl (C=O) groups is 1. The number of aromatic nitrogens is 2. The van der Waals surface area contributed by atoms with E-state index in [1.807, 2.05) is 13.0 Å². The van der Waals surface area contributed by atoms with E-state index in [0.717, 1.165) is 37.7 Å². The summed E-state index contributed by atoms with van der Waals surface area (Å²) in [5.41, 5.74) is 0.772. The summed E-state index contributed by atoms with van der Waals surface area (Å²) >= 11 is 0. The lowest BCUT2D eigenvalue weighted by molar-refractivity contribution is 0.0586. The predicted molar refractivity (Wildman–Crippen MR) is 63.2 cm³/mol. The second-order valence-corrected chi connectivity index (χ2v) is 3.92. The van der Waals surface area contributed by atoms with Crippen LogP contribution in [0.5, 0.6) is 0 Å². The van der Waals surface area contributed by atoms with Gasteiger partial charge >= 0.3 is 5.97 Å². The SMILES string of the molecule is COC(=O)c1nc(C)cc(N2CCNCC2)n1.